The van der Waals surface area contributed by atoms with Crippen LogP contribution in [0.1, 0.15) is 28.0 Å². The minimum Gasteiger partial charge on any atom is -0.570 e. The predicted octanol–water partition coefficient (Wildman–Crippen LogP) is 6.30. The van der Waals surface area contributed by atoms with Gasteiger partial charge < -0.3 is 14.8 Å². The molecule has 0 bridgehead atoms. The first-order valence-electron chi connectivity index (χ1n) is 11.9. The summed E-state index contributed by atoms with van der Waals surface area (Å²) in [6, 6.07) is 20.2. The van der Waals surface area contributed by atoms with Crippen molar-refractivity contribution in [3.05, 3.63) is 107 Å². The van der Waals surface area contributed by atoms with Gasteiger partial charge in [0, 0.05) is 11.3 Å². The van der Waals surface area contributed by atoms with E-state index in [2.05, 4.69) is 20.1 Å². The van der Waals surface area contributed by atoms with Crippen molar-refractivity contribution >= 4 is 33.0 Å². The molecule has 0 spiro atoms. The molecule has 0 saturated carbocycles. The highest BCUT2D eigenvalue weighted by atomic mass is 32.2. The van der Waals surface area contributed by atoms with E-state index in [0.717, 1.165) is 16.3 Å². The summed E-state index contributed by atoms with van der Waals surface area (Å²) in [4.78, 5) is 17.5. The number of rotatable bonds is 8. The lowest BCUT2D eigenvalue weighted by Gasteiger charge is -2.24. The quantitative estimate of drug-likeness (QED) is 0.237. The van der Waals surface area contributed by atoms with Gasteiger partial charge in [-0.25, -0.2) is 26.7 Å². The number of hydrogen-bond acceptors (Lipinski definition) is 6. The second-order valence-corrected chi connectivity index (χ2v) is 10.3. The van der Waals surface area contributed by atoms with Gasteiger partial charge in [-0.3, -0.25) is 4.79 Å². The molecule has 0 unspecified atom stereocenters. The number of aromatic nitrogens is 3. The maximum atomic E-state index is 13.9. The third kappa shape index (κ3) is 5.34. The highest BCUT2D eigenvalue weighted by Gasteiger charge is 2.22. The molecule has 2 aromatic heterocycles. The van der Waals surface area contributed by atoms with Crippen LogP contribution in [0.4, 0.5) is 20.2 Å². The number of halogens is 2. The van der Waals surface area contributed by atoms with E-state index in [1.165, 1.54) is 43.5 Å². The van der Waals surface area contributed by atoms with Gasteiger partial charge in [0.15, 0.2) is 5.65 Å². The number of alkyl halides is 2. The number of hydrogen-bond donors (Lipinski definition) is 1. The van der Waals surface area contributed by atoms with Crippen LogP contribution in [0.3, 0.4) is 0 Å². The van der Waals surface area contributed by atoms with Gasteiger partial charge in [-0.05, 0) is 43.3 Å². The molecule has 12 heteroatoms. The Kier molecular flexibility index (Phi) is 7.18. The Morgan fingerprint density at radius 3 is 2.40 bits per heavy atom. The van der Waals surface area contributed by atoms with Gasteiger partial charge in [0.2, 0.25) is 0 Å². The summed E-state index contributed by atoms with van der Waals surface area (Å²) in [6.45, 7) is 1.90. The third-order valence-corrected chi connectivity index (χ3v) is 7.33. The third-order valence-electron chi connectivity index (χ3n) is 6.03. The predicted molar refractivity (Wildman–Crippen MR) is 146 cm³/mol. The van der Waals surface area contributed by atoms with Gasteiger partial charge in [0.05, 0.1) is 23.9 Å². The van der Waals surface area contributed by atoms with Crippen LogP contribution < -0.4 is 10.1 Å². The fourth-order valence-electron chi connectivity index (χ4n) is 3.97. The summed E-state index contributed by atoms with van der Waals surface area (Å²) in [7, 11) is -2.66. The fourth-order valence-corrected chi connectivity index (χ4v) is 4.97. The summed E-state index contributed by atoms with van der Waals surface area (Å²) >= 11 is 0. The number of carbonyl (C=O) groups is 1. The van der Waals surface area contributed by atoms with Crippen LogP contribution >= 0.6 is 0 Å². The summed E-state index contributed by atoms with van der Waals surface area (Å²) in [5.41, 5.74) is 1.81. The van der Waals surface area contributed by atoms with Crippen molar-refractivity contribution in [3.8, 4) is 17.0 Å². The normalized spacial score (nSPS) is 11.5. The maximum absolute atomic E-state index is 13.9. The van der Waals surface area contributed by atoms with Crippen LogP contribution in [-0.2, 0) is 10.0 Å². The molecule has 0 atom stereocenters. The number of methoxy groups -OCH3 is 1. The number of nitrogens with zero attached hydrogens (tertiary/aromatic N) is 4. The van der Waals surface area contributed by atoms with Crippen LogP contribution in [-0.4, -0.2) is 36.0 Å². The summed E-state index contributed by atoms with van der Waals surface area (Å²) in [6.07, 6.45) is -1.70. The molecular formula is C28H22F2N5O4S-. The molecule has 9 nitrogen and oxygen atoms in total. The molecule has 0 saturated heterocycles. The van der Waals surface area contributed by atoms with E-state index in [4.69, 9.17) is 4.74 Å². The molecular weight excluding hydrogens is 540 g/mol. The number of amides is 1. The summed E-state index contributed by atoms with van der Waals surface area (Å²) in [5, 5.41) is 6.60. The minimum atomic E-state index is -4.07. The van der Waals surface area contributed by atoms with E-state index < -0.39 is 28.0 Å². The standard InChI is InChI=1S/C28H22F2N5O4S/c1-17-7-9-18(10-8-17)23-15-24(26(29)30)35-27(33-23)21(16-31-35)28(36)32-19-11-13-20(14-12-19)40(37,38)34-22-5-3-4-6-25(22)39-2/h3-16,26H,1-2H3,(H,32,36)/q-1. The van der Waals surface area contributed by atoms with Crippen LogP contribution in [0.15, 0.2) is 90.0 Å². The molecule has 3 aromatic carbocycles. The van der Waals surface area contributed by atoms with Gasteiger partial charge in [0.1, 0.15) is 27.0 Å². The first-order chi connectivity index (χ1) is 19.2. The molecule has 5 aromatic rings. The smallest absolute Gasteiger partial charge is 0.280 e. The Morgan fingerprint density at radius 2 is 1.73 bits per heavy atom. The molecule has 5 rings (SSSR count). The Bertz CT molecular complexity index is 1810. The number of para-hydroxylation sites is 1. The van der Waals surface area contributed by atoms with E-state index in [-0.39, 0.29) is 33.2 Å². The van der Waals surface area contributed by atoms with E-state index >= 15 is 0 Å². The molecule has 0 fully saturated rings. The zero-order chi connectivity index (χ0) is 28.4. The van der Waals surface area contributed by atoms with Crippen molar-refractivity contribution in [3.63, 3.8) is 0 Å². The average Bonchev–Trinajstić information content (AvgIpc) is 3.37. The van der Waals surface area contributed by atoms with E-state index in [1.54, 1.807) is 30.3 Å². The number of fused-ring (bicyclic) bond motifs is 1. The number of benzene rings is 3. The fraction of sp³-hybridized carbons (Fsp3) is 0.107. The van der Waals surface area contributed by atoms with E-state index in [0.29, 0.717) is 11.3 Å². The highest BCUT2D eigenvalue weighted by molar-refractivity contribution is 7.94. The molecule has 0 radical (unpaired) electrons. The van der Waals surface area contributed by atoms with Gasteiger partial charge in [-0.1, -0.05) is 53.7 Å². The second-order valence-electron chi connectivity index (χ2n) is 8.74. The van der Waals surface area contributed by atoms with Crippen LogP contribution in [0.2, 0.25) is 0 Å². The van der Waals surface area contributed by atoms with Gasteiger partial charge >= 0.3 is 0 Å². The lowest BCUT2D eigenvalue weighted by atomic mass is 10.1. The van der Waals surface area contributed by atoms with Crippen molar-refractivity contribution in [2.45, 2.75) is 18.2 Å². The van der Waals surface area contributed by atoms with Gasteiger partial charge in [-0.2, -0.15) is 5.10 Å². The molecule has 0 aliphatic carbocycles. The highest BCUT2D eigenvalue weighted by Crippen LogP contribution is 2.35. The van der Waals surface area contributed by atoms with Crippen LogP contribution in [0.25, 0.3) is 21.6 Å². The first kappa shape index (κ1) is 26.8. The van der Waals surface area contributed by atoms with Crippen molar-refractivity contribution < 1.29 is 26.7 Å². The number of carbonyl (C=O) groups excluding carboxylic acids is 1. The summed E-state index contributed by atoms with van der Waals surface area (Å²) < 4.78 is 63.3. The Hall–Kier alpha value is -4.84. The molecule has 0 aliphatic rings. The van der Waals surface area contributed by atoms with Crippen molar-refractivity contribution in [1.29, 1.82) is 0 Å². The van der Waals surface area contributed by atoms with Gasteiger partial charge in [0.25, 0.3) is 12.3 Å². The number of aryl methyl sites for hydroxylation is 1. The molecule has 204 valence electrons. The Balaban J connectivity index is 1.41. The zero-order valence-electron chi connectivity index (χ0n) is 21.2. The molecule has 1 amide bonds. The molecule has 1 N–H and O–H groups in total. The average molecular weight is 563 g/mol. The lowest BCUT2D eigenvalue weighted by molar-refractivity contribution is 0.102. The largest absolute Gasteiger partial charge is 0.570 e. The van der Waals surface area contributed by atoms with Gasteiger partial charge in [-0.15, -0.1) is 0 Å². The lowest BCUT2D eigenvalue weighted by Crippen LogP contribution is -2.13. The maximum Gasteiger partial charge on any atom is 0.280 e. The monoisotopic (exact) mass is 562 g/mol. The Labute approximate surface area is 228 Å². The Morgan fingerprint density at radius 1 is 1.02 bits per heavy atom. The molecule has 40 heavy (non-hydrogen) atoms. The molecule has 2 heterocycles. The second kappa shape index (κ2) is 10.7. The van der Waals surface area contributed by atoms with E-state index in [9.17, 15) is 22.0 Å². The number of anilines is 1. The van der Waals surface area contributed by atoms with Crippen molar-refractivity contribution in [2.24, 2.45) is 0 Å². The number of sulfonamides is 1. The van der Waals surface area contributed by atoms with E-state index in [1.807, 2.05) is 19.1 Å². The van der Waals surface area contributed by atoms with Crippen LogP contribution in [0, 0.1) is 6.92 Å². The number of nitrogens with one attached hydrogen (secondary N) is 1. The van der Waals surface area contributed by atoms with Crippen molar-refractivity contribution in [2.75, 3.05) is 12.4 Å². The van der Waals surface area contributed by atoms with Crippen LogP contribution in [0.5, 0.6) is 5.75 Å². The first-order valence-corrected chi connectivity index (χ1v) is 13.4. The zero-order valence-corrected chi connectivity index (χ0v) is 22.1. The summed E-state index contributed by atoms with van der Waals surface area (Å²) in [5.74, 6) is -0.351. The SMILES string of the molecule is COc1ccccc1[N-]S(=O)(=O)c1ccc(NC(=O)c2cnn3c(C(F)F)cc(-c4ccc(C)cc4)nc23)cc1. The minimum absolute atomic E-state index is 0.0290. The van der Waals surface area contributed by atoms with Crippen molar-refractivity contribution in [1.82, 2.24) is 14.6 Å². The molecule has 0 aliphatic heterocycles. The topological polar surface area (TPSA) is 117 Å². The number of ether oxygens (including phenoxy) is 1.